The van der Waals surface area contributed by atoms with Crippen LogP contribution in [0.5, 0.6) is 5.75 Å². The lowest BCUT2D eigenvalue weighted by Gasteiger charge is -2.19. The molecule has 0 fully saturated rings. The third-order valence-corrected chi connectivity index (χ3v) is 4.27. The van der Waals surface area contributed by atoms with Crippen LogP contribution in [0.25, 0.3) is 0 Å². The standard InChI is InChI=1S/C20H22FNO2/c1-20(2,3)15-6-4-13(5-7-15)19(23)22-12-17-11-14-10-16(21)8-9-18(14)24-17/h4-10,17H,11-12H2,1-3H3,(H,22,23). The molecule has 1 amide bonds. The van der Waals surface area contributed by atoms with Gasteiger partial charge in [0, 0.05) is 17.5 Å². The van der Waals surface area contributed by atoms with Crippen LogP contribution in [0, 0.1) is 5.82 Å². The second-order valence-electron chi connectivity index (χ2n) is 7.23. The van der Waals surface area contributed by atoms with E-state index in [1.807, 2.05) is 24.3 Å². The van der Waals surface area contributed by atoms with Gasteiger partial charge in [-0.25, -0.2) is 4.39 Å². The van der Waals surface area contributed by atoms with Crippen LogP contribution in [0.3, 0.4) is 0 Å². The number of ether oxygens (including phenoxy) is 1. The SMILES string of the molecule is CC(C)(C)c1ccc(C(=O)NCC2Cc3cc(F)ccc3O2)cc1. The molecule has 0 saturated heterocycles. The van der Waals surface area contributed by atoms with Crippen molar-refractivity contribution in [2.24, 2.45) is 0 Å². The molecule has 4 heteroatoms. The Labute approximate surface area is 141 Å². The molecule has 24 heavy (non-hydrogen) atoms. The Morgan fingerprint density at radius 2 is 1.92 bits per heavy atom. The fourth-order valence-electron chi connectivity index (χ4n) is 2.83. The van der Waals surface area contributed by atoms with Crippen molar-refractivity contribution in [2.45, 2.75) is 38.7 Å². The number of fused-ring (bicyclic) bond motifs is 1. The molecule has 0 spiro atoms. The molecule has 0 aromatic heterocycles. The molecule has 1 N–H and O–H groups in total. The lowest BCUT2D eigenvalue weighted by Crippen LogP contribution is -2.34. The normalized spacial score (nSPS) is 16.4. The molecule has 0 bridgehead atoms. The van der Waals surface area contributed by atoms with Crippen LogP contribution in [0.4, 0.5) is 4.39 Å². The van der Waals surface area contributed by atoms with E-state index < -0.39 is 0 Å². The highest BCUT2D eigenvalue weighted by atomic mass is 19.1. The van der Waals surface area contributed by atoms with Crippen molar-refractivity contribution in [1.82, 2.24) is 5.32 Å². The van der Waals surface area contributed by atoms with E-state index in [4.69, 9.17) is 4.74 Å². The van der Waals surface area contributed by atoms with Gasteiger partial charge in [0.05, 0.1) is 6.54 Å². The molecule has 1 unspecified atom stereocenters. The second-order valence-corrected chi connectivity index (χ2v) is 7.23. The number of carbonyl (C=O) groups excluding carboxylic acids is 1. The van der Waals surface area contributed by atoms with Crippen molar-refractivity contribution in [3.05, 3.63) is 65.0 Å². The van der Waals surface area contributed by atoms with Crippen molar-refractivity contribution in [3.8, 4) is 5.75 Å². The first-order chi connectivity index (χ1) is 11.3. The average Bonchev–Trinajstić information content (AvgIpc) is 2.94. The Kier molecular flexibility index (Phi) is 4.31. The topological polar surface area (TPSA) is 38.3 Å². The third-order valence-electron chi connectivity index (χ3n) is 4.27. The van der Waals surface area contributed by atoms with E-state index in [0.29, 0.717) is 24.3 Å². The van der Waals surface area contributed by atoms with E-state index in [0.717, 1.165) is 5.56 Å². The maximum atomic E-state index is 13.2. The zero-order valence-electron chi connectivity index (χ0n) is 14.2. The number of hydrogen-bond donors (Lipinski definition) is 1. The highest BCUT2D eigenvalue weighted by Crippen LogP contribution is 2.29. The molecule has 126 valence electrons. The zero-order valence-corrected chi connectivity index (χ0v) is 14.2. The molecule has 3 rings (SSSR count). The number of amides is 1. The minimum absolute atomic E-state index is 0.0632. The first kappa shape index (κ1) is 16.5. The zero-order chi connectivity index (χ0) is 17.3. The number of benzene rings is 2. The first-order valence-electron chi connectivity index (χ1n) is 8.17. The van der Waals surface area contributed by atoms with Gasteiger partial charge in [-0.1, -0.05) is 32.9 Å². The molecule has 0 saturated carbocycles. The number of hydrogen-bond acceptors (Lipinski definition) is 2. The number of carbonyl (C=O) groups is 1. The lowest BCUT2D eigenvalue weighted by molar-refractivity contribution is 0.0933. The Bertz CT molecular complexity index is 747. The van der Waals surface area contributed by atoms with Crippen molar-refractivity contribution in [3.63, 3.8) is 0 Å². The van der Waals surface area contributed by atoms with Crippen molar-refractivity contribution >= 4 is 5.91 Å². The molecule has 0 aliphatic carbocycles. The molecule has 3 nitrogen and oxygen atoms in total. The fraction of sp³-hybridized carbons (Fsp3) is 0.350. The summed E-state index contributed by atoms with van der Waals surface area (Å²) < 4.78 is 18.9. The highest BCUT2D eigenvalue weighted by Gasteiger charge is 2.24. The summed E-state index contributed by atoms with van der Waals surface area (Å²) in [5.74, 6) is 0.312. The van der Waals surface area contributed by atoms with Gasteiger partial charge in [-0.05, 0) is 41.3 Å². The van der Waals surface area contributed by atoms with Gasteiger partial charge in [0.2, 0.25) is 0 Å². The number of halogens is 1. The summed E-state index contributed by atoms with van der Waals surface area (Å²) in [7, 11) is 0. The molecular weight excluding hydrogens is 305 g/mol. The Morgan fingerprint density at radius 3 is 2.58 bits per heavy atom. The quantitative estimate of drug-likeness (QED) is 0.930. The molecule has 1 heterocycles. The van der Waals surface area contributed by atoms with Crippen molar-refractivity contribution in [2.75, 3.05) is 6.54 Å². The summed E-state index contributed by atoms with van der Waals surface area (Å²) in [6.07, 6.45) is 0.454. The van der Waals surface area contributed by atoms with E-state index in [1.165, 1.54) is 17.7 Å². The molecule has 2 aromatic carbocycles. The highest BCUT2D eigenvalue weighted by molar-refractivity contribution is 5.94. The van der Waals surface area contributed by atoms with Gasteiger partial charge in [0.1, 0.15) is 17.7 Å². The fourth-order valence-corrected chi connectivity index (χ4v) is 2.83. The van der Waals surface area contributed by atoms with E-state index in [9.17, 15) is 9.18 Å². The van der Waals surface area contributed by atoms with E-state index in [-0.39, 0.29) is 23.2 Å². The van der Waals surface area contributed by atoms with Crippen LogP contribution in [0.1, 0.15) is 42.3 Å². The maximum Gasteiger partial charge on any atom is 0.251 e. The first-order valence-corrected chi connectivity index (χ1v) is 8.17. The largest absolute Gasteiger partial charge is 0.488 e. The van der Waals surface area contributed by atoms with Gasteiger partial charge in [-0.2, -0.15) is 0 Å². The Hall–Kier alpha value is -2.36. The molecule has 2 aromatic rings. The smallest absolute Gasteiger partial charge is 0.251 e. The monoisotopic (exact) mass is 327 g/mol. The van der Waals surface area contributed by atoms with Crippen LogP contribution < -0.4 is 10.1 Å². The van der Waals surface area contributed by atoms with Crippen LogP contribution in [-0.4, -0.2) is 18.6 Å². The molecule has 1 aliphatic heterocycles. The van der Waals surface area contributed by atoms with Crippen molar-refractivity contribution in [1.29, 1.82) is 0 Å². The van der Waals surface area contributed by atoms with Gasteiger partial charge < -0.3 is 10.1 Å². The second kappa shape index (κ2) is 6.27. The summed E-state index contributed by atoms with van der Waals surface area (Å²) in [4.78, 5) is 12.3. The number of rotatable bonds is 3. The summed E-state index contributed by atoms with van der Waals surface area (Å²) in [5, 5.41) is 2.89. The average molecular weight is 327 g/mol. The van der Waals surface area contributed by atoms with Gasteiger partial charge in [-0.3, -0.25) is 4.79 Å². The molecule has 1 aliphatic rings. The van der Waals surface area contributed by atoms with Crippen LogP contribution in [0.2, 0.25) is 0 Å². The van der Waals surface area contributed by atoms with Crippen LogP contribution in [0.15, 0.2) is 42.5 Å². The maximum absolute atomic E-state index is 13.2. The minimum atomic E-state index is -0.263. The van der Waals surface area contributed by atoms with E-state index in [1.54, 1.807) is 6.07 Å². The molecule has 1 atom stereocenters. The summed E-state index contributed by atoms with van der Waals surface area (Å²) in [6, 6.07) is 12.2. The van der Waals surface area contributed by atoms with Crippen LogP contribution in [-0.2, 0) is 11.8 Å². The predicted molar refractivity (Wildman–Crippen MR) is 92.0 cm³/mol. The summed E-state index contributed by atoms with van der Waals surface area (Å²) >= 11 is 0. The van der Waals surface area contributed by atoms with Gasteiger partial charge >= 0.3 is 0 Å². The summed E-state index contributed by atoms with van der Waals surface area (Å²) in [6.45, 7) is 6.82. The Balaban J connectivity index is 1.57. The molecular formula is C20H22FNO2. The van der Waals surface area contributed by atoms with Gasteiger partial charge in [-0.15, -0.1) is 0 Å². The number of nitrogens with one attached hydrogen (secondary N) is 1. The van der Waals surface area contributed by atoms with Gasteiger partial charge in [0.25, 0.3) is 5.91 Å². The van der Waals surface area contributed by atoms with E-state index >= 15 is 0 Å². The minimum Gasteiger partial charge on any atom is -0.488 e. The van der Waals surface area contributed by atoms with Gasteiger partial charge in [0.15, 0.2) is 0 Å². The van der Waals surface area contributed by atoms with Crippen LogP contribution >= 0.6 is 0 Å². The lowest BCUT2D eigenvalue weighted by atomic mass is 9.87. The van der Waals surface area contributed by atoms with E-state index in [2.05, 4.69) is 26.1 Å². The predicted octanol–water partition coefficient (Wildman–Crippen LogP) is 3.86. The third kappa shape index (κ3) is 3.58. The Morgan fingerprint density at radius 1 is 1.21 bits per heavy atom. The molecule has 0 radical (unpaired) electrons. The summed E-state index contributed by atoms with van der Waals surface area (Å²) in [5.41, 5.74) is 2.73. The van der Waals surface area contributed by atoms with Crippen molar-refractivity contribution < 1.29 is 13.9 Å².